The molecule has 78 valence electrons. The molecule has 14 heavy (non-hydrogen) atoms. The average Bonchev–Trinajstić information content (AvgIpc) is 2.17. The predicted molar refractivity (Wildman–Crippen MR) is 71.2 cm³/mol. The Bertz CT molecular complexity index is 298. The van der Waals surface area contributed by atoms with Crippen molar-refractivity contribution in [2.45, 2.75) is 6.42 Å². The molecule has 0 bridgehead atoms. The molecule has 0 saturated carbocycles. The van der Waals surface area contributed by atoms with Crippen molar-refractivity contribution < 1.29 is 0 Å². The van der Waals surface area contributed by atoms with Crippen molar-refractivity contribution in [1.29, 1.82) is 0 Å². The molecular formula is C10H10Br2Cl2. The number of halogens is 4. The minimum Gasteiger partial charge on any atom is -0.0925 e. The first-order valence-electron chi connectivity index (χ1n) is 4.23. The summed E-state index contributed by atoms with van der Waals surface area (Å²) in [6, 6.07) is 5.66. The minimum atomic E-state index is 0.564. The van der Waals surface area contributed by atoms with E-state index in [0.29, 0.717) is 10.9 Å². The lowest BCUT2D eigenvalue weighted by molar-refractivity contribution is 0.680. The van der Waals surface area contributed by atoms with Crippen molar-refractivity contribution in [1.82, 2.24) is 0 Å². The molecule has 4 heteroatoms. The van der Waals surface area contributed by atoms with Crippen LogP contribution in [0.15, 0.2) is 18.2 Å². The lowest BCUT2D eigenvalue weighted by Gasteiger charge is -2.11. The summed E-state index contributed by atoms with van der Waals surface area (Å²) in [6.07, 6.45) is 0.965. The summed E-state index contributed by atoms with van der Waals surface area (Å²) in [5.74, 6) is 0.564. The zero-order valence-corrected chi connectivity index (χ0v) is 12.1. The molecule has 0 fully saturated rings. The van der Waals surface area contributed by atoms with Crippen molar-refractivity contribution in [3.8, 4) is 0 Å². The molecule has 1 aromatic rings. The summed E-state index contributed by atoms with van der Waals surface area (Å²) in [6.45, 7) is 0. The Hall–Kier alpha value is 0.760. The fourth-order valence-corrected chi connectivity index (χ4v) is 3.16. The van der Waals surface area contributed by atoms with Gasteiger partial charge in [0.25, 0.3) is 0 Å². The van der Waals surface area contributed by atoms with Crippen LogP contribution in [0, 0.1) is 5.92 Å². The number of alkyl halides is 2. The van der Waals surface area contributed by atoms with E-state index in [9.17, 15) is 0 Å². The quantitative estimate of drug-likeness (QED) is 0.667. The van der Waals surface area contributed by atoms with E-state index < -0.39 is 0 Å². The highest BCUT2D eigenvalue weighted by atomic mass is 79.9. The standard InChI is InChI=1S/C10H10Br2Cl2/c11-5-7(6-12)3-8-1-2-9(13)4-10(8)14/h1-2,4,7H,3,5-6H2. The highest BCUT2D eigenvalue weighted by molar-refractivity contribution is 9.09. The normalized spacial score (nSPS) is 10.9. The fourth-order valence-electron chi connectivity index (χ4n) is 1.15. The Kier molecular flexibility index (Phi) is 5.83. The zero-order valence-electron chi connectivity index (χ0n) is 7.44. The summed E-state index contributed by atoms with van der Waals surface area (Å²) in [4.78, 5) is 0. The topological polar surface area (TPSA) is 0 Å². The van der Waals surface area contributed by atoms with E-state index in [0.717, 1.165) is 27.7 Å². The van der Waals surface area contributed by atoms with Crippen LogP contribution in [0.3, 0.4) is 0 Å². The molecular weight excluding hydrogens is 351 g/mol. The molecule has 0 aliphatic carbocycles. The van der Waals surface area contributed by atoms with E-state index in [2.05, 4.69) is 31.9 Å². The van der Waals surface area contributed by atoms with Gasteiger partial charge in [0.05, 0.1) is 0 Å². The van der Waals surface area contributed by atoms with Crippen LogP contribution in [0.4, 0.5) is 0 Å². The van der Waals surface area contributed by atoms with Crippen molar-refractivity contribution in [3.05, 3.63) is 33.8 Å². The number of hydrogen-bond acceptors (Lipinski definition) is 0. The second kappa shape index (κ2) is 6.37. The third kappa shape index (κ3) is 3.73. The molecule has 0 saturated heterocycles. The molecule has 0 nitrogen and oxygen atoms in total. The van der Waals surface area contributed by atoms with Gasteiger partial charge in [-0.05, 0) is 30.0 Å². The molecule has 0 unspecified atom stereocenters. The van der Waals surface area contributed by atoms with E-state index in [-0.39, 0.29) is 0 Å². The third-order valence-electron chi connectivity index (χ3n) is 1.96. The second-order valence-electron chi connectivity index (χ2n) is 3.11. The fraction of sp³-hybridized carbons (Fsp3) is 0.400. The molecule has 1 rings (SSSR count). The third-order valence-corrected chi connectivity index (χ3v) is 4.38. The molecule has 0 atom stereocenters. The Morgan fingerprint density at radius 3 is 2.29 bits per heavy atom. The maximum Gasteiger partial charge on any atom is 0.0452 e. The summed E-state index contributed by atoms with van der Waals surface area (Å²) in [7, 11) is 0. The van der Waals surface area contributed by atoms with Crippen molar-refractivity contribution in [2.75, 3.05) is 10.7 Å². The van der Waals surface area contributed by atoms with Crippen LogP contribution in [0.1, 0.15) is 5.56 Å². The van der Waals surface area contributed by atoms with Gasteiger partial charge >= 0.3 is 0 Å². The Morgan fingerprint density at radius 2 is 1.79 bits per heavy atom. The number of rotatable bonds is 4. The number of benzene rings is 1. The molecule has 0 radical (unpaired) electrons. The first kappa shape index (κ1) is 12.8. The molecule has 0 aliphatic rings. The Balaban J connectivity index is 2.76. The van der Waals surface area contributed by atoms with Gasteiger partial charge in [-0.15, -0.1) is 0 Å². The van der Waals surface area contributed by atoms with Gasteiger partial charge in [0.1, 0.15) is 0 Å². The predicted octanol–water partition coefficient (Wildman–Crippen LogP) is 4.94. The summed E-state index contributed by atoms with van der Waals surface area (Å²) < 4.78 is 0. The Morgan fingerprint density at radius 1 is 1.14 bits per heavy atom. The first-order valence-corrected chi connectivity index (χ1v) is 7.23. The molecule has 1 aromatic carbocycles. The van der Waals surface area contributed by atoms with Crippen LogP contribution in [-0.2, 0) is 6.42 Å². The van der Waals surface area contributed by atoms with E-state index in [4.69, 9.17) is 23.2 Å². The molecule has 0 aliphatic heterocycles. The average molecular weight is 361 g/mol. The van der Waals surface area contributed by atoms with Crippen LogP contribution < -0.4 is 0 Å². The maximum absolute atomic E-state index is 6.07. The SMILES string of the molecule is Clc1ccc(CC(CBr)CBr)c(Cl)c1. The van der Waals surface area contributed by atoms with Crippen LogP contribution >= 0.6 is 55.1 Å². The molecule has 0 N–H and O–H groups in total. The minimum absolute atomic E-state index is 0.564. The highest BCUT2D eigenvalue weighted by Crippen LogP contribution is 2.24. The van der Waals surface area contributed by atoms with Gasteiger partial charge in [0.2, 0.25) is 0 Å². The lowest BCUT2D eigenvalue weighted by atomic mass is 10.0. The van der Waals surface area contributed by atoms with Gasteiger partial charge < -0.3 is 0 Å². The molecule has 0 amide bonds. The first-order chi connectivity index (χ1) is 6.67. The Labute approximate surface area is 111 Å². The van der Waals surface area contributed by atoms with Crippen molar-refractivity contribution in [2.24, 2.45) is 5.92 Å². The monoisotopic (exact) mass is 358 g/mol. The van der Waals surface area contributed by atoms with Gasteiger partial charge in [0.15, 0.2) is 0 Å². The lowest BCUT2D eigenvalue weighted by Crippen LogP contribution is -2.07. The largest absolute Gasteiger partial charge is 0.0925 e. The van der Waals surface area contributed by atoms with Gasteiger partial charge in [-0.3, -0.25) is 0 Å². The van der Waals surface area contributed by atoms with Gasteiger partial charge in [-0.1, -0.05) is 61.1 Å². The van der Waals surface area contributed by atoms with E-state index in [1.165, 1.54) is 0 Å². The van der Waals surface area contributed by atoms with Crippen LogP contribution in [0.25, 0.3) is 0 Å². The van der Waals surface area contributed by atoms with Crippen LogP contribution in [0.2, 0.25) is 10.0 Å². The van der Waals surface area contributed by atoms with Gasteiger partial charge in [0, 0.05) is 20.7 Å². The van der Waals surface area contributed by atoms with E-state index >= 15 is 0 Å². The summed E-state index contributed by atoms with van der Waals surface area (Å²) in [5.41, 5.74) is 1.15. The molecule has 0 heterocycles. The molecule has 0 spiro atoms. The summed E-state index contributed by atoms with van der Waals surface area (Å²) >= 11 is 18.8. The van der Waals surface area contributed by atoms with Gasteiger partial charge in [-0.25, -0.2) is 0 Å². The molecule has 0 aromatic heterocycles. The van der Waals surface area contributed by atoms with Crippen molar-refractivity contribution >= 4 is 55.1 Å². The highest BCUT2D eigenvalue weighted by Gasteiger charge is 2.09. The smallest absolute Gasteiger partial charge is 0.0452 e. The number of hydrogen-bond donors (Lipinski definition) is 0. The maximum atomic E-state index is 6.07. The van der Waals surface area contributed by atoms with E-state index in [1.54, 1.807) is 6.07 Å². The van der Waals surface area contributed by atoms with Crippen LogP contribution in [0.5, 0.6) is 0 Å². The second-order valence-corrected chi connectivity index (χ2v) is 5.25. The van der Waals surface area contributed by atoms with Crippen molar-refractivity contribution in [3.63, 3.8) is 0 Å². The van der Waals surface area contributed by atoms with Crippen LogP contribution in [-0.4, -0.2) is 10.7 Å². The van der Waals surface area contributed by atoms with Gasteiger partial charge in [-0.2, -0.15) is 0 Å². The zero-order chi connectivity index (χ0) is 10.6. The van der Waals surface area contributed by atoms with E-state index in [1.807, 2.05) is 12.1 Å². The summed E-state index contributed by atoms with van der Waals surface area (Å²) in [5, 5.41) is 3.38.